The summed E-state index contributed by atoms with van der Waals surface area (Å²) in [5, 5.41) is 11.5. The SMILES string of the molecule is CCC(CC(C)/C=N\O)OCc1ccccc1. The molecule has 0 aromatic heterocycles. The summed E-state index contributed by atoms with van der Waals surface area (Å²) in [6.45, 7) is 4.77. The Morgan fingerprint density at radius 1 is 1.35 bits per heavy atom. The van der Waals surface area contributed by atoms with Gasteiger partial charge in [-0.25, -0.2) is 0 Å². The van der Waals surface area contributed by atoms with E-state index in [0.717, 1.165) is 12.8 Å². The number of hydrogen-bond donors (Lipinski definition) is 1. The second-order valence-electron chi connectivity index (χ2n) is 4.30. The van der Waals surface area contributed by atoms with Crippen LogP contribution in [0.5, 0.6) is 0 Å². The first-order valence-corrected chi connectivity index (χ1v) is 6.09. The molecule has 0 fully saturated rings. The molecule has 1 aromatic carbocycles. The lowest BCUT2D eigenvalue weighted by molar-refractivity contribution is 0.0283. The minimum absolute atomic E-state index is 0.211. The predicted octanol–water partition coefficient (Wildman–Crippen LogP) is 3.47. The van der Waals surface area contributed by atoms with Crippen LogP contribution in [-0.4, -0.2) is 17.5 Å². The van der Waals surface area contributed by atoms with Crippen molar-refractivity contribution in [3.8, 4) is 0 Å². The minimum Gasteiger partial charge on any atom is -0.411 e. The zero-order valence-electron chi connectivity index (χ0n) is 10.5. The third kappa shape index (κ3) is 5.50. The Balaban J connectivity index is 2.37. The van der Waals surface area contributed by atoms with Gasteiger partial charge in [0.15, 0.2) is 0 Å². The molecule has 3 heteroatoms. The van der Waals surface area contributed by atoms with Crippen LogP contribution in [0, 0.1) is 5.92 Å². The molecule has 1 aromatic rings. The van der Waals surface area contributed by atoms with E-state index in [0.29, 0.717) is 6.61 Å². The summed E-state index contributed by atoms with van der Waals surface area (Å²) in [5.74, 6) is 0.237. The van der Waals surface area contributed by atoms with Gasteiger partial charge in [0.05, 0.1) is 12.7 Å². The zero-order chi connectivity index (χ0) is 12.5. The fraction of sp³-hybridized carbons (Fsp3) is 0.500. The Morgan fingerprint density at radius 3 is 2.65 bits per heavy atom. The van der Waals surface area contributed by atoms with E-state index in [4.69, 9.17) is 9.94 Å². The number of benzene rings is 1. The summed E-state index contributed by atoms with van der Waals surface area (Å²) in [4.78, 5) is 0. The van der Waals surface area contributed by atoms with Crippen molar-refractivity contribution in [2.24, 2.45) is 11.1 Å². The maximum absolute atomic E-state index is 8.46. The molecular formula is C14H21NO2. The van der Waals surface area contributed by atoms with E-state index in [1.165, 1.54) is 5.56 Å². The topological polar surface area (TPSA) is 41.8 Å². The summed E-state index contributed by atoms with van der Waals surface area (Å²) in [6.07, 6.45) is 3.61. The molecule has 0 spiro atoms. The highest BCUT2D eigenvalue weighted by molar-refractivity contribution is 5.59. The number of nitrogens with zero attached hydrogens (tertiary/aromatic N) is 1. The van der Waals surface area contributed by atoms with E-state index in [1.807, 2.05) is 25.1 Å². The molecular weight excluding hydrogens is 214 g/mol. The van der Waals surface area contributed by atoms with Crippen LogP contribution in [-0.2, 0) is 11.3 Å². The number of rotatable bonds is 7. The summed E-state index contributed by atoms with van der Waals surface area (Å²) in [5.41, 5.74) is 1.19. The van der Waals surface area contributed by atoms with Crippen molar-refractivity contribution in [2.45, 2.75) is 39.4 Å². The molecule has 0 amide bonds. The molecule has 0 bridgehead atoms. The van der Waals surface area contributed by atoms with Crippen molar-refractivity contribution < 1.29 is 9.94 Å². The molecule has 0 aliphatic carbocycles. The average Bonchev–Trinajstić information content (AvgIpc) is 2.36. The molecule has 17 heavy (non-hydrogen) atoms. The Labute approximate surface area is 103 Å². The molecule has 94 valence electrons. The van der Waals surface area contributed by atoms with E-state index in [9.17, 15) is 0 Å². The number of hydrogen-bond acceptors (Lipinski definition) is 3. The lowest BCUT2D eigenvalue weighted by Gasteiger charge is -2.18. The smallest absolute Gasteiger partial charge is 0.0720 e. The first-order chi connectivity index (χ1) is 8.26. The molecule has 3 nitrogen and oxygen atoms in total. The Morgan fingerprint density at radius 2 is 2.06 bits per heavy atom. The van der Waals surface area contributed by atoms with Crippen LogP contribution in [0.2, 0.25) is 0 Å². The molecule has 1 rings (SSSR count). The normalized spacial score (nSPS) is 14.9. The third-order valence-electron chi connectivity index (χ3n) is 2.74. The van der Waals surface area contributed by atoms with Gasteiger partial charge < -0.3 is 9.94 Å². The highest BCUT2D eigenvalue weighted by Gasteiger charge is 2.10. The van der Waals surface area contributed by atoms with Crippen LogP contribution in [0.3, 0.4) is 0 Å². The van der Waals surface area contributed by atoms with Crippen LogP contribution in [0.15, 0.2) is 35.5 Å². The van der Waals surface area contributed by atoms with E-state index in [-0.39, 0.29) is 12.0 Å². The van der Waals surface area contributed by atoms with Crippen molar-refractivity contribution in [3.05, 3.63) is 35.9 Å². The molecule has 0 radical (unpaired) electrons. The Bertz CT molecular complexity index is 324. The summed E-state index contributed by atoms with van der Waals surface area (Å²) in [7, 11) is 0. The summed E-state index contributed by atoms with van der Waals surface area (Å²) in [6, 6.07) is 10.2. The number of ether oxygens (including phenoxy) is 1. The van der Waals surface area contributed by atoms with E-state index < -0.39 is 0 Å². The molecule has 0 aliphatic rings. The Kier molecular flexibility index (Phi) is 6.33. The molecule has 0 aliphatic heterocycles. The zero-order valence-corrected chi connectivity index (χ0v) is 10.5. The average molecular weight is 235 g/mol. The second-order valence-corrected chi connectivity index (χ2v) is 4.30. The van der Waals surface area contributed by atoms with Gasteiger partial charge in [-0.2, -0.15) is 0 Å². The highest BCUT2D eigenvalue weighted by atomic mass is 16.5. The molecule has 0 heterocycles. The summed E-state index contributed by atoms with van der Waals surface area (Å²) >= 11 is 0. The standard InChI is InChI=1S/C14H21NO2/c1-3-14(9-12(2)10-15-16)17-11-13-7-5-4-6-8-13/h4-8,10,12,14,16H,3,9,11H2,1-2H3/b15-10-. The van der Waals surface area contributed by atoms with Crippen molar-refractivity contribution in [1.29, 1.82) is 0 Å². The van der Waals surface area contributed by atoms with E-state index in [1.54, 1.807) is 6.21 Å². The van der Waals surface area contributed by atoms with Crippen LogP contribution >= 0.6 is 0 Å². The lowest BCUT2D eigenvalue weighted by Crippen LogP contribution is -2.16. The molecule has 0 saturated heterocycles. The highest BCUT2D eigenvalue weighted by Crippen LogP contribution is 2.13. The van der Waals surface area contributed by atoms with Crippen LogP contribution in [0.4, 0.5) is 0 Å². The maximum atomic E-state index is 8.46. The lowest BCUT2D eigenvalue weighted by atomic mass is 10.0. The van der Waals surface area contributed by atoms with E-state index >= 15 is 0 Å². The van der Waals surface area contributed by atoms with Crippen molar-refractivity contribution in [1.82, 2.24) is 0 Å². The van der Waals surface area contributed by atoms with Gasteiger partial charge in [-0.15, -0.1) is 5.16 Å². The molecule has 0 saturated carbocycles. The number of oxime groups is 1. The molecule has 2 unspecified atom stereocenters. The predicted molar refractivity (Wildman–Crippen MR) is 69.4 cm³/mol. The van der Waals surface area contributed by atoms with Crippen LogP contribution in [0.1, 0.15) is 32.3 Å². The largest absolute Gasteiger partial charge is 0.411 e. The fourth-order valence-corrected chi connectivity index (χ4v) is 1.73. The minimum atomic E-state index is 0.211. The van der Waals surface area contributed by atoms with Gasteiger partial charge in [0, 0.05) is 6.21 Å². The van der Waals surface area contributed by atoms with Crippen LogP contribution < -0.4 is 0 Å². The van der Waals surface area contributed by atoms with Gasteiger partial charge in [0.2, 0.25) is 0 Å². The van der Waals surface area contributed by atoms with Gasteiger partial charge in [0.1, 0.15) is 0 Å². The van der Waals surface area contributed by atoms with Gasteiger partial charge >= 0.3 is 0 Å². The van der Waals surface area contributed by atoms with Crippen molar-refractivity contribution >= 4 is 6.21 Å². The van der Waals surface area contributed by atoms with E-state index in [2.05, 4.69) is 24.2 Å². The van der Waals surface area contributed by atoms with Gasteiger partial charge in [-0.1, -0.05) is 44.2 Å². The van der Waals surface area contributed by atoms with Crippen molar-refractivity contribution in [3.63, 3.8) is 0 Å². The van der Waals surface area contributed by atoms with Gasteiger partial charge in [-0.05, 0) is 24.3 Å². The van der Waals surface area contributed by atoms with Gasteiger partial charge in [0.25, 0.3) is 0 Å². The summed E-state index contributed by atoms with van der Waals surface area (Å²) < 4.78 is 5.85. The monoisotopic (exact) mass is 235 g/mol. The molecule has 1 N–H and O–H groups in total. The Hall–Kier alpha value is -1.35. The maximum Gasteiger partial charge on any atom is 0.0720 e. The molecule has 2 atom stereocenters. The first kappa shape index (κ1) is 13.7. The fourth-order valence-electron chi connectivity index (χ4n) is 1.73. The van der Waals surface area contributed by atoms with Crippen molar-refractivity contribution in [2.75, 3.05) is 0 Å². The van der Waals surface area contributed by atoms with Gasteiger partial charge in [-0.3, -0.25) is 0 Å². The second kappa shape index (κ2) is 7.85. The third-order valence-corrected chi connectivity index (χ3v) is 2.74. The first-order valence-electron chi connectivity index (χ1n) is 6.09. The van der Waals surface area contributed by atoms with Crippen LogP contribution in [0.25, 0.3) is 0 Å². The quantitative estimate of drug-likeness (QED) is 0.446.